The van der Waals surface area contributed by atoms with Crippen LogP contribution in [0.1, 0.15) is 21.6 Å². The fraction of sp³-hybridized carbons (Fsp3) is 0.120. The molecule has 0 aliphatic heterocycles. The van der Waals surface area contributed by atoms with Crippen LogP contribution in [0.5, 0.6) is 5.75 Å². The second-order valence-corrected chi connectivity index (χ2v) is 7.17. The molecule has 1 amide bonds. The molecule has 1 heterocycles. The summed E-state index contributed by atoms with van der Waals surface area (Å²) in [5, 5.41) is 15.0. The Morgan fingerprint density at radius 2 is 1.50 bits per heavy atom. The van der Waals surface area contributed by atoms with Crippen molar-refractivity contribution in [2.45, 2.75) is 5.60 Å². The van der Waals surface area contributed by atoms with Gasteiger partial charge in [-0.1, -0.05) is 60.7 Å². The van der Waals surface area contributed by atoms with Gasteiger partial charge in [0.1, 0.15) is 11.4 Å². The topological polar surface area (TPSA) is 101 Å². The minimum atomic E-state index is -1.99. The monoisotopic (exact) mass is 430 g/mol. The first-order valence-electron chi connectivity index (χ1n) is 9.92. The number of aliphatic hydroxyl groups is 1. The van der Waals surface area contributed by atoms with Crippen molar-refractivity contribution in [3.63, 3.8) is 0 Å². The second-order valence-electron chi connectivity index (χ2n) is 7.17. The van der Waals surface area contributed by atoms with Gasteiger partial charge in [0.2, 0.25) is 0 Å². The van der Waals surface area contributed by atoms with E-state index in [9.17, 15) is 14.7 Å². The van der Waals surface area contributed by atoms with Gasteiger partial charge < -0.3 is 24.9 Å². The highest BCUT2D eigenvalue weighted by Gasteiger charge is 2.40. The maximum atomic E-state index is 13.6. The number of anilines is 1. The lowest BCUT2D eigenvalue weighted by Gasteiger charge is -2.28. The van der Waals surface area contributed by atoms with E-state index >= 15 is 0 Å². The van der Waals surface area contributed by atoms with Gasteiger partial charge in [-0.2, -0.15) is 0 Å². The largest absolute Gasteiger partial charge is 0.497 e. The number of hydrogen-bond donors (Lipinski definition) is 3. The van der Waals surface area contributed by atoms with Crippen molar-refractivity contribution in [1.29, 1.82) is 0 Å². The van der Waals surface area contributed by atoms with Gasteiger partial charge >= 0.3 is 5.97 Å². The summed E-state index contributed by atoms with van der Waals surface area (Å²) in [4.78, 5) is 29.0. The normalized spacial score (nSPS) is 11.2. The Bertz CT molecular complexity index is 1230. The highest BCUT2D eigenvalue weighted by molar-refractivity contribution is 6.13. The Morgan fingerprint density at radius 3 is 2.03 bits per heavy atom. The van der Waals surface area contributed by atoms with E-state index in [1.54, 1.807) is 78.9 Å². The number of aromatic nitrogens is 1. The number of benzene rings is 3. The van der Waals surface area contributed by atoms with Gasteiger partial charge in [-0.3, -0.25) is 4.79 Å². The zero-order chi connectivity index (χ0) is 22.7. The smallest absolute Gasteiger partial charge is 0.356 e. The summed E-state index contributed by atoms with van der Waals surface area (Å²) in [5.41, 5.74) is -0.360. The molecule has 0 spiro atoms. The Morgan fingerprint density at radius 1 is 0.906 bits per heavy atom. The van der Waals surface area contributed by atoms with Crippen LogP contribution < -0.4 is 10.1 Å². The van der Waals surface area contributed by atoms with Gasteiger partial charge in [-0.15, -0.1) is 0 Å². The fourth-order valence-electron chi connectivity index (χ4n) is 3.68. The van der Waals surface area contributed by atoms with Crippen molar-refractivity contribution in [1.82, 2.24) is 4.98 Å². The molecule has 1 aromatic heterocycles. The third-order valence-electron chi connectivity index (χ3n) is 5.35. The van der Waals surface area contributed by atoms with E-state index in [1.807, 2.05) is 0 Å². The van der Waals surface area contributed by atoms with Crippen LogP contribution in [-0.4, -0.2) is 36.2 Å². The zero-order valence-electron chi connectivity index (χ0n) is 17.6. The number of ether oxygens (including phenoxy) is 2. The van der Waals surface area contributed by atoms with Crippen molar-refractivity contribution in [2.24, 2.45) is 0 Å². The molecular weight excluding hydrogens is 408 g/mol. The number of aromatic amines is 1. The summed E-state index contributed by atoms with van der Waals surface area (Å²) in [5.74, 6) is -0.784. The first-order valence-corrected chi connectivity index (χ1v) is 9.92. The molecule has 4 rings (SSSR count). The number of H-pyrrole nitrogens is 1. The number of esters is 1. The molecule has 32 heavy (non-hydrogen) atoms. The Balaban J connectivity index is 1.85. The number of carbonyl (C=O) groups is 2. The van der Waals surface area contributed by atoms with E-state index in [-0.39, 0.29) is 11.4 Å². The number of methoxy groups -OCH3 is 2. The van der Waals surface area contributed by atoms with Crippen LogP contribution in [0.15, 0.2) is 78.9 Å². The molecule has 0 unspecified atom stereocenters. The summed E-state index contributed by atoms with van der Waals surface area (Å²) >= 11 is 0. The van der Waals surface area contributed by atoms with Crippen LogP contribution in [0.25, 0.3) is 10.9 Å². The molecule has 7 heteroatoms. The Labute approximate surface area is 184 Å². The molecule has 0 saturated heterocycles. The summed E-state index contributed by atoms with van der Waals surface area (Å²) in [6.45, 7) is 0. The molecule has 3 N–H and O–H groups in total. The molecule has 3 aromatic carbocycles. The first-order chi connectivity index (χ1) is 15.5. The van der Waals surface area contributed by atoms with Gasteiger partial charge in [-0.05, 0) is 23.3 Å². The van der Waals surface area contributed by atoms with E-state index in [4.69, 9.17) is 9.47 Å². The number of hydrogen-bond acceptors (Lipinski definition) is 5. The second kappa shape index (κ2) is 8.56. The molecule has 4 aromatic rings. The zero-order valence-corrected chi connectivity index (χ0v) is 17.6. The van der Waals surface area contributed by atoms with Crippen LogP contribution in [-0.2, 0) is 15.1 Å². The summed E-state index contributed by atoms with van der Waals surface area (Å²) in [7, 11) is 2.79. The lowest BCUT2D eigenvalue weighted by atomic mass is 9.85. The molecule has 0 aliphatic carbocycles. The molecular formula is C25H22N2O5. The summed E-state index contributed by atoms with van der Waals surface area (Å²) in [6.07, 6.45) is 0. The van der Waals surface area contributed by atoms with Gasteiger partial charge in [-0.25, -0.2) is 4.79 Å². The summed E-state index contributed by atoms with van der Waals surface area (Å²) in [6, 6.07) is 22.4. The van der Waals surface area contributed by atoms with Crippen molar-refractivity contribution >= 4 is 28.5 Å². The molecule has 0 atom stereocenters. The number of carbonyl (C=O) groups excluding carboxylic acids is 2. The average Bonchev–Trinajstić information content (AvgIpc) is 3.21. The predicted octanol–water partition coefficient (Wildman–Crippen LogP) is 3.84. The molecule has 7 nitrogen and oxygen atoms in total. The van der Waals surface area contributed by atoms with E-state index in [0.29, 0.717) is 27.8 Å². The molecule has 0 fully saturated rings. The minimum Gasteiger partial charge on any atom is -0.497 e. The highest BCUT2D eigenvalue weighted by Crippen LogP contribution is 2.35. The third-order valence-corrected chi connectivity index (χ3v) is 5.35. The van der Waals surface area contributed by atoms with E-state index in [1.165, 1.54) is 14.2 Å². The number of amides is 1. The van der Waals surface area contributed by atoms with Crippen LogP contribution in [0.2, 0.25) is 0 Å². The van der Waals surface area contributed by atoms with Crippen molar-refractivity contribution < 1.29 is 24.2 Å². The maximum Gasteiger partial charge on any atom is 0.356 e. The summed E-state index contributed by atoms with van der Waals surface area (Å²) < 4.78 is 10.1. The van der Waals surface area contributed by atoms with Gasteiger partial charge in [0.25, 0.3) is 5.91 Å². The molecule has 0 radical (unpaired) electrons. The lowest BCUT2D eigenvalue weighted by Crippen LogP contribution is -2.41. The predicted molar refractivity (Wildman–Crippen MR) is 121 cm³/mol. The quantitative estimate of drug-likeness (QED) is 0.404. The number of fused-ring (bicyclic) bond motifs is 1. The van der Waals surface area contributed by atoms with Crippen LogP contribution >= 0.6 is 0 Å². The van der Waals surface area contributed by atoms with Crippen LogP contribution in [0.4, 0.5) is 5.69 Å². The van der Waals surface area contributed by atoms with Gasteiger partial charge in [0, 0.05) is 11.5 Å². The molecule has 162 valence electrons. The number of rotatable bonds is 6. The maximum absolute atomic E-state index is 13.6. The SMILES string of the molecule is COC(=O)c1[nH]c2cc(OC)ccc2c1NC(=O)C(O)(c1ccccc1)c1ccccc1. The first kappa shape index (κ1) is 21.1. The highest BCUT2D eigenvalue weighted by atomic mass is 16.5. The fourth-order valence-corrected chi connectivity index (χ4v) is 3.68. The van der Waals surface area contributed by atoms with Crippen molar-refractivity contribution in [3.05, 3.63) is 95.7 Å². The average molecular weight is 430 g/mol. The molecule has 0 saturated carbocycles. The Kier molecular flexibility index (Phi) is 5.66. The number of nitrogens with one attached hydrogen (secondary N) is 2. The minimum absolute atomic E-state index is 0.0626. The van der Waals surface area contributed by atoms with Crippen LogP contribution in [0.3, 0.4) is 0 Å². The van der Waals surface area contributed by atoms with E-state index < -0.39 is 17.5 Å². The van der Waals surface area contributed by atoms with E-state index in [2.05, 4.69) is 10.3 Å². The third kappa shape index (κ3) is 3.59. The van der Waals surface area contributed by atoms with E-state index in [0.717, 1.165) is 0 Å². The molecule has 0 aliphatic rings. The van der Waals surface area contributed by atoms with Crippen molar-refractivity contribution in [2.75, 3.05) is 19.5 Å². The van der Waals surface area contributed by atoms with Gasteiger partial charge in [0.05, 0.1) is 25.4 Å². The van der Waals surface area contributed by atoms with Crippen molar-refractivity contribution in [3.8, 4) is 5.75 Å². The van der Waals surface area contributed by atoms with Gasteiger partial charge in [0.15, 0.2) is 5.60 Å². The standard InChI is InChI=1S/C25H22N2O5/c1-31-18-13-14-19-20(15-18)26-22(23(28)32-2)21(19)27-24(29)25(30,16-9-5-3-6-10-16)17-11-7-4-8-12-17/h3-15,26,30H,1-2H3,(H,27,29). The lowest BCUT2D eigenvalue weighted by molar-refractivity contribution is -0.131. The Hall–Kier alpha value is -4.10. The van der Waals surface area contributed by atoms with Crippen LogP contribution in [0, 0.1) is 0 Å². The molecule has 0 bridgehead atoms.